The van der Waals surface area contributed by atoms with Gasteiger partial charge in [-0.1, -0.05) is 0 Å². The molecule has 18 heavy (non-hydrogen) atoms. The van der Waals surface area contributed by atoms with Crippen molar-refractivity contribution in [1.29, 1.82) is 0 Å². The van der Waals surface area contributed by atoms with Gasteiger partial charge < -0.3 is 44.0 Å². The van der Waals surface area contributed by atoms with Crippen LogP contribution in [0.25, 0.3) is 0 Å². The van der Waals surface area contributed by atoms with Gasteiger partial charge in [-0.05, 0) is 0 Å². The van der Waals surface area contributed by atoms with Crippen LogP contribution in [0.1, 0.15) is 0 Å². The second-order valence-corrected chi connectivity index (χ2v) is 4.36. The van der Waals surface area contributed by atoms with E-state index in [9.17, 15) is 29.7 Å². The van der Waals surface area contributed by atoms with Crippen molar-refractivity contribution in [2.75, 3.05) is 6.61 Å². The van der Waals surface area contributed by atoms with E-state index >= 15 is 0 Å². The minimum Gasteiger partial charge on any atom is -0.790 e. The van der Waals surface area contributed by atoms with Gasteiger partial charge in [0, 0.05) is 0 Å². The number of aliphatic hydroxyl groups excluding tert-OH is 4. The molecule has 1 saturated heterocycles. The smallest absolute Gasteiger partial charge is 0.790 e. The molecule has 1 fully saturated rings. The Morgan fingerprint density at radius 3 is 2.00 bits per heavy atom. The van der Waals surface area contributed by atoms with Gasteiger partial charge in [-0.2, -0.15) is 0 Å². The van der Waals surface area contributed by atoms with Gasteiger partial charge in [-0.25, -0.2) is 0 Å². The fraction of sp³-hybridized carbons (Fsp3) is 1.00. The number of hydrogen-bond acceptors (Lipinski definition) is 9. The summed E-state index contributed by atoms with van der Waals surface area (Å²) in [5.74, 6) is 0. The fourth-order valence-corrected chi connectivity index (χ4v) is 1.71. The molecule has 4 N–H and O–H groups in total. The standard InChI is InChI=1S/C6H13O9P.2Na/c7-1-2-3(8)4(9)5(10)6(14-2)15-16(11,12)13;;/h2-10H,1H2,(H2,11,12,13);;/q;2*+1/p-2/t2-,3+,4+,5+,6-;;/m1../s1. The number of phosphoric acid groups is 1. The first-order valence-corrected chi connectivity index (χ1v) is 5.73. The molecule has 1 aliphatic heterocycles. The average Bonchev–Trinajstić information content (AvgIpc) is 2.17. The Hall–Kier alpha value is 1.91. The Bertz CT molecular complexity index is 284. The van der Waals surface area contributed by atoms with E-state index in [0.717, 1.165) is 0 Å². The predicted molar refractivity (Wildman–Crippen MR) is 42.5 cm³/mol. The summed E-state index contributed by atoms with van der Waals surface area (Å²) in [5, 5.41) is 36.5. The number of ether oxygens (including phenoxy) is 1. The summed E-state index contributed by atoms with van der Waals surface area (Å²) in [4.78, 5) is 20.6. The molecule has 0 bridgehead atoms. The third-order valence-electron chi connectivity index (χ3n) is 2.08. The summed E-state index contributed by atoms with van der Waals surface area (Å²) >= 11 is 0. The monoisotopic (exact) mass is 304 g/mol. The van der Waals surface area contributed by atoms with Crippen molar-refractivity contribution in [3.63, 3.8) is 0 Å². The van der Waals surface area contributed by atoms with Crippen LogP contribution in [0.15, 0.2) is 0 Å². The van der Waals surface area contributed by atoms with Crippen molar-refractivity contribution in [2.45, 2.75) is 30.7 Å². The van der Waals surface area contributed by atoms with Crippen molar-refractivity contribution in [3.8, 4) is 0 Å². The van der Waals surface area contributed by atoms with Crippen LogP contribution in [-0.2, 0) is 13.8 Å². The topological polar surface area (TPSA) is 163 Å². The summed E-state index contributed by atoms with van der Waals surface area (Å²) in [6, 6.07) is 0. The normalized spacial score (nSPS) is 36.4. The first-order chi connectivity index (χ1) is 7.26. The van der Waals surface area contributed by atoms with E-state index in [2.05, 4.69) is 9.26 Å². The van der Waals surface area contributed by atoms with Gasteiger partial charge in [0.15, 0.2) is 6.29 Å². The molecule has 0 aromatic rings. The second-order valence-electron chi connectivity index (χ2n) is 3.25. The van der Waals surface area contributed by atoms with Crippen molar-refractivity contribution in [3.05, 3.63) is 0 Å². The third-order valence-corrected chi connectivity index (χ3v) is 2.55. The van der Waals surface area contributed by atoms with Crippen LogP contribution in [0.3, 0.4) is 0 Å². The maximum atomic E-state index is 10.3. The summed E-state index contributed by atoms with van der Waals surface area (Å²) in [6.45, 7) is -0.743. The quantitative estimate of drug-likeness (QED) is 0.293. The molecule has 1 heterocycles. The minimum absolute atomic E-state index is 0. The maximum Gasteiger partial charge on any atom is 1.00 e. The molecule has 12 heteroatoms. The van der Waals surface area contributed by atoms with E-state index in [1.54, 1.807) is 0 Å². The van der Waals surface area contributed by atoms with Crippen LogP contribution in [0, 0.1) is 0 Å². The average molecular weight is 304 g/mol. The fourth-order valence-electron chi connectivity index (χ4n) is 1.28. The summed E-state index contributed by atoms with van der Waals surface area (Å²) in [7, 11) is -5.41. The Kier molecular flexibility index (Phi) is 11.1. The molecule has 0 aliphatic carbocycles. The molecule has 96 valence electrons. The van der Waals surface area contributed by atoms with Gasteiger partial charge in [0.05, 0.1) is 14.4 Å². The number of phosphoric ester groups is 1. The molecule has 1 rings (SSSR count). The van der Waals surface area contributed by atoms with E-state index in [4.69, 9.17) is 5.11 Å². The summed E-state index contributed by atoms with van der Waals surface area (Å²) in [6.07, 6.45) is -8.61. The van der Waals surface area contributed by atoms with E-state index < -0.39 is 45.1 Å². The van der Waals surface area contributed by atoms with E-state index in [1.807, 2.05) is 0 Å². The molecule has 0 aromatic heterocycles. The molecule has 0 saturated carbocycles. The Labute approximate surface area is 147 Å². The van der Waals surface area contributed by atoms with E-state index in [-0.39, 0.29) is 59.1 Å². The van der Waals surface area contributed by atoms with Crippen LogP contribution >= 0.6 is 7.82 Å². The van der Waals surface area contributed by atoms with Crippen LogP contribution in [0.5, 0.6) is 0 Å². The molecule has 9 nitrogen and oxygen atoms in total. The molecule has 5 atom stereocenters. The molecule has 1 aliphatic rings. The van der Waals surface area contributed by atoms with E-state index in [1.165, 1.54) is 0 Å². The number of hydrogen-bond donors (Lipinski definition) is 4. The molecule has 0 aromatic carbocycles. The summed E-state index contributed by atoms with van der Waals surface area (Å²) in [5.41, 5.74) is 0. The SMILES string of the molecule is O=P([O-])([O-])O[C@H]1O[C@H](CO)[C@H](O)[C@H](O)[C@@H]1O.[Na+].[Na+]. The first kappa shape index (κ1) is 22.2. The van der Waals surface area contributed by atoms with Gasteiger partial charge in [0.2, 0.25) is 0 Å². The number of rotatable bonds is 3. The third kappa shape index (κ3) is 6.13. The largest absolute Gasteiger partial charge is 1.00 e. The zero-order valence-corrected chi connectivity index (χ0v) is 14.8. The van der Waals surface area contributed by atoms with Gasteiger partial charge in [0.25, 0.3) is 0 Å². The molecule has 0 spiro atoms. The first-order valence-electron chi connectivity index (χ1n) is 4.27. The zero-order chi connectivity index (χ0) is 12.5. The van der Waals surface area contributed by atoms with Gasteiger partial charge >= 0.3 is 59.1 Å². The molecule has 0 unspecified atom stereocenters. The Balaban J connectivity index is 0. The minimum atomic E-state index is -5.41. The van der Waals surface area contributed by atoms with E-state index in [0.29, 0.717) is 0 Å². The van der Waals surface area contributed by atoms with Crippen molar-refractivity contribution in [1.82, 2.24) is 0 Å². The maximum absolute atomic E-state index is 10.3. The van der Waals surface area contributed by atoms with Gasteiger partial charge in [0.1, 0.15) is 24.4 Å². The van der Waals surface area contributed by atoms with Crippen molar-refractivity contribution >= 4 is 7.82 Å². The van der Waals surface area contributed by atoms with Gasteiger partial charge in [-0.3, -0.25) is 0 Å². The summed E-state index contributed by atoms with van der Waals surface area (Å²) < 4.78 is 18.7. The number of aliphatic hydroxyl groups is 4. The Morgan fingerprint density at radius 1 is 1.11 bits per heavy atom. The van der Waals surface area contributed by atoms with Crippen molar-refractivity contribution in [2.24, 2.45) is 0 Å². The molecular formula is C6H11Na2O9P. The molecule has 0 amide bonds. The van der Waals surface area contributed by atoms with Crippen LogP contribution in [-0.4, -0.2) is 57.7 Å². The second kappa shape index (κ2) is 9.04. The van der Waals surface area contributed by atoms with Gasteiger partial charge in [-0.15, -0.1) is 0 Å². The van der Waals surface area contributed by atoms with Crippen molar-refractivity contribution < 1.29 is 103 Å². The van der Waals surface area contributed by atoms with Crippen LogP contribution < -0.4 is 68.9 Å². The Morgan fingerprint density at radius 2 is 1.61 bits per heavy atom. The van der Waals surface area contributed by atoms with Crippen LogP contribution in [0.4, 0.5) is 0 Å². The van der Waals surface area contributed by atoms with Crippen LogP contribution in [0.2, 0.25) is 0 Å². The zero-order valence-electron chi connectivity index (χ0n) is 9.87. The molecular weight excluding hydrogens is 293 g/mol. The molecule has 0 radical (unpaired) electrons. The predicted octanol–water partition coefficient (Wildman–Crippen LogP) is -10.4.